The van der Waals surface area contributed by atoms with E-state index in [1.54, 1.807) is 19.1 Å². The van der Waals surface area contributed by atoms with Crippen molar-refractivity contribution in [2.45, 2.75) is 18.9 Å². The molecule has 3 rings (SSSR count). The Morgan fingerprint density at radius 1 is 1.04 bits per heavy atom. The van der Waals surface area contributed by atoms with Gasteiger partial charge in [0.2, 0.25) is 0 Å². The number of benzene rings is 2. The number of aryl methyl sites for hydroxylation is 1. The largest absolute Gasteiger partial charge is 0.388 e. The lowest BCUT2D eigenvalue weighted by Gasteiger charge is -2.24. The first-order valence-electron chi connectivity index (χ1n) is 7.70. The van der Waals surface area contributed by atoms with E-state index in [1.165, 1.54) is 6.07 Å². The van der Waals surface area contributed by atoms with E-state index in [4.69, 9.17) is 0 Å². The Morgan fingerprint density at radius 2 is 1.64 bits per heavy atom. The number of aliphatic hydroxyl groups is 1. The van der Waals surface area contributed by atoms with E-state index in [-0.39, 0.29) is 5.56 Å². The maximum absolute atomic E-state index is 13.9. The highest BCUT2D eigenvalue weighted by Gasteiger charge is 2.39. The summed E-state index contributed by atoms with van der Waals surface area (Å²) < 4.78 is 54.1. The van der Waals surface area contributed by atoms with E-state index in [1.807, 2.05) is 0 Å². The molecule has 0 aliphatic heterocycles. The average molecular weight is 348 g/mol. The lowest BCUT2D eigenvalue weighted by Crippen LogP contribution is -2.16. The van der Waals surface area contributed by atoms with Gasteiger partial charge in [-0.25, -0.2) is 17.6 Å². The minimum Gasteiger partial charge on any atom is -0.388 e. The molecule has 0 bridgehead atoms. The third kappa shape index (κ3) is 2.68. The number of fused-ring (bicyclic) bond motifs is 1. The summed E-state index contributed by atoms with van der Waals surface area (Å²) in [6.07, 6.45) is 0.231. The number of rotatable bonds is 3. The fraction of sp³-hybridized carbons (Fsp3) is 0.200. The molecule has 1 aliphatic carbocycles. The summed E-state index contributed by atoms with van der Waals surface area (Å²) in [5.41, 5.74) is 2.05. The molecule has 3 unspecified atom stereocenters. The van der Waals surface area contributed by atoms with Gasteiger partial charge in [-0.05, 0) is 52.9 Å². The van der Waals surface area contributed by atoms with Crippen molar-refractivity contribution in [2.75, 3.05) is 0 Å². The van der Waals surface area contributed by atoms with Crippen LogP contribution in [0.5, 0.6) is 0 Å². The van der Waals surface area contributed by atoms with E-state index in [0.717, 1.165) is 17.7 Å². The van der Waals surface area contributed by atoms with E-state index in [9.17, 15) is 22.7 Å². The van der Waals surface area contributed by atoms with Crippen molar-refractivity contribution < 1.29 is 22.7 Å². The van der Waals surface area contributed by atoms with Gasteiger partial charge >= 0.3 is 0 Å². The molecule has 1 aliphatic rings. The second-order valence-electron chi connectivity index (χ2n) is 6.24. The molecular formula is C20H16F4O. The second kappa shape index (κ2) is 6.15. The number of hydrogen-bond donors (Lipinski definition) is 1. The topological polar surface area (TPSA) is 20.2 Å². The highest BCUT2D eigenvalue weighted by atomic mass is 19.2. The molecule has 2 aromatic carbocycles. The Balaban J connectivity index is 2.08. The molecule has 0 saturated heterocycles. The molecule has 25 heavy (non-hydrogen) atoms. The fourth-order valence-corrected chi connectivity index (χ4v) is 3.46. The van der Waals surface area contributed by atoms with Gasteiger partial charge in [0.15, 0.2) is 17.5 Å². The molecule has 0 aromatic heterocycles. The summed E-state index contributed by atoms with van der Waals surface area (Å²) in [4.78, 5) is 0. The van der Waals surface area contributed by atoms with Crippen molar-refractivity contribution >= 4 is 5.57 Å². The van der Waals surface area contributed by atoms with E-state index in [0.29, 0.717) is 16.7 Å². The Labute approximate surface area is 142 Å². The van der Waals surface area contributed by atoms with E-state index < -0.39 is 41.2 Å². The summed E-state index contributed by atoms with van der Waals surface area (Å²) in [6.45, 7) is 9.29. The van der Waals surface area contributed by atoms with Crippen LogP contribution in [-0.2, 0) is 0 Å². The predicted molar refractivity (Wildman–Crippen MR) is 87.9 cm³/mol. The highest BCUT2D eigenvalue weighted by molar-refractivity contribution is 5.76. The van der Waals surface area contributed by atoms with Crippen molar-refractivity contribution in [1.82, 2.24) is 0 Å². The second-order valence-corrected chi connectivity index (χ2v) is 6.24. The predicted octanol–water partition coefficient (Wildman–Crippen LogP) is 5.20. The number of halogens is 4. The van der Waals surface area contributed by atoms with Crippen molar-refractivity contribution in [1.29, 1.82) is 0 Å². The summed E-state index contributed by atoms with van der Waals surface area (Å²) in [5.74, 6) is -5.86. The summed E-state index contributed by atoms with van der Waals surface area (Å²) in [6, 6.07) is 4.50. The van der Waals surface area contributed by atoms with Gasteiger partial charge in [0, 0.05) is 11.8 Å². The van der Waals surface area contributed by atoms with Gasteiger partial charge < -0.3 is 5.11 Å². The van der Waals surface area contributed by atoms with Crippen LogP contribution in [0.25, 0.3) is 5.57 Å². The van der Waals surface area contributed by atoms with Crippen LogP contribution >= 0.6 is 0 Å². The van der Waals surface area contributed by atoms with Gasteiger partial charge in [0.25, 0.3) is 0 Å². The maximum Gasteiger partial charge on any atom is 0.194 e. The molecule has 0 spiro atoms. The average Bonchev–Trinajstić information content (AvgIpc) is 2.83. The summed E-state index contributed by atoms with van der Waals surface area (Å²) in [7, 11) is 0. The maximum atomic E-state index is 13.9. The zero-order valence-electron chi connectivity index (χ0n) is 13.5. The van der Waals surface area contributed by atoms with Gasteiger partial charge in [-0.3, -0.25) is 0 Å². The SMILES string of the molecule is C=CC1c2cc(C)c(F)cc2C(=C)C1C(O)c1cc(F)c(F)c(F)c1. The number of allylic oxidation sites excluding steroid dienone is 1. The number of aliphatic hydroxyl groups excluding tert-OH is 1. The molecule has 2 aromatic rings. The zero-order chi connectivity index (χ0) is 18.5. The number of hydrogen-bond acceptors (Lipinski definition) is 1. The first-order valence-corrected chi connectivity index (χ1v) is 7.70. The van der Waals surface area contributed by atoms with Crippen molar-refractivity contribution in [3.8, 4) is 0 Å². The third-order valence-corrected chi connectivity index (χ3v) is 4.77. The third-order valence-electron chi connectivity index (χ3n) is 4.77. The molecule has 1 N–H and O–H groups in total. The first-order chi connectivity index (χ1) is 11.8. The van der Waals surface area contributed by atoms with Crippen LogP contribution in [0.2, 0.25) is 0 Å². The Morgan fingerprint density at radius 3 is 2.20 bits per heavy atom. The molecule has 130 valence electrons. The molecule has 0 fully saturated rings. The van der Waals surface area contributed by atoms with Crippen LogP contribution in [0.3, 0.4) is 0 Å². The molecule has 0 radical (unpaired) electrons. The molecule has 0 amide bonds. The van der Waals surface area contributed by atoms with Crippen LogP contribution in [0.15, 0.2) is 43.5 Å². The highest BCUT2D eigenvalue weighted by Crippen LogP contribution is 2.51. The monoisotopic (exact) mass is 348 g/mol. The van der Waals surface area contributed by atoms with Gasteiger partial charge in [-0.2, -0.15) is 0 Å². The van der Waals surface area contributed by atoms with Crippen molar-refractivity contribution in [3.05, 3.63) is 89.0 Å². The zero-order valence-corrected chi connectivity index (χ0v) is 13.5. The Bertz CT molecular complexity index is 865. The molecule has 0 heterocycles. The van der Waals surface area contributed by atoms with E-state index in [2.05, 4.69) is 13.2 Å². The van der Waals surface area contributed by atoms with Gasteiger partial charge in [0.1, 0.15) is 5.82 Å². The van der Waals surface area contributed by atoms with Crippen LogP contribution < -0.4 is 0 Å². The lowest BCUT2D eigenvalue weighted by atomic mass is 9.83. The summed E-state index contributed by atoms with van der Waals surface area (Å²) >= 11 is 0. The standard InChI is InChI=1S/C20H16F4O/c1-4-12-14-5-9(2)15(21)8-13(14)10(3)18(12)20(25)11-6-16(22)19(24)17(23)7-11/h4-8,12,18,20,25H,1,3H2,2H3. The molecule has 5 heteroatoms. The molecule has 1 nitrogen and oxygen atoms in total. The minimum atomic E-state index is -1.59. The van der Waals surface area contributed by atoms with Crippen LogP contribution in [-0.4, -0.2) is 5.11 Å². The smallest absolute Gasteiger partial charge is 0.194 e. The van der Waals surface area contributed by atoms with Gasteiger partial charge in [0.05, 0.1) is 6.10 Å². The first kappa shape index (κ1) is 17.4. The van der Waals surface area contributed by atoms with Crippen LogP contribution in [0, 0.1) is 36.1 Å². The quantitative estimate of drug-likeness (QED) is 0.459. The Hall–Kier alpha value is -2.40. The van der Waals surface area contributed by atoms with Crippen molar-refractivity contribution in [2.24, 2.45) is 5.92 Å². The van der Waals surface area contributed by atoms with E-state index >= 15 is 0 Å². The minimum absolute atomic E-state index is 0.112. The Kier molecular flexibility index (Phi) is 4.29. The van der Waals surface area contributed by atoms with Gasteiger partial charge in [-0.15, -0.1) is 6.58 Å². The van der Waals surface area contributed by atoms with Gasteiger partial charge in [-0.1, -0.05) is 18.7 Å². The lowest BCUT2D eigenvalue weighted by molar-refractivity contribution is 0.131. The normalized spacial score (nSPS) is 20.5. The molecule has 3 atom stereocenters. The van der Waals surface area contributed by atoms with Crippen molar-refractivity contribution in [3.63, 3.8) is 0 Å². The van der Waals surface area contributed by atoms with Crippen LogP contribution in [0.4, 0.5) is 17.6 Å². The summed E-state index contributed by atoms with van der Waals surface area (Å²) in [5, 5.41) is 10.7. The molecular weight excluding hydrogens is 332 g/mol. The molecule has 0 saturated carbocycles. The fourth-order valence-electron chi connectivity index (χ4n) is 3.46. The van der Waals surface area contributed by atoms with Crippen LogP contribution in [0.1, 0.15) is 34.3 Å².